The van der Waals surface area contributed by atoms with E-state index in [1.807, 2.05) is 0 Å². The van der Waals surface area contributed by atoms with E-state index >= 15 is 4.39 Å². The van der Waals surface area contributed by atoms with Gasteiger partial charge in [0, 0.05) is 43.9 Å². The number of halogens is 4. The van der Waals surface area contributed by atoms with Gasteiger partial charge in [-0.15, -0.1) is 0 Å². The second-order valence-corrected chi connectivity index (χ2v) is 12.4. The number of benzene rings is 1. The summed E-state index contributed by atoms with van der Waals surface area (Å²) < 4.78 is 74.7. The van der Waals surface area contributed by atoms with Crippen LogP contribution in [0.15, 0.2) is 36.8 Å². The van der Waals surface area contributed by atoms with Crippen molar-refractivity contribution in [2.45, 2.75) is 69.6 Å². The lowest BCUT2D eigenvalue weighted by Gasteiger charge is -2.36. The van der Waals surface area contributed by atoms with E-state index in [1.165, 1.54) is 42.5 Å². The van der Waals surface area contributed by atoms with E-state index < -0.39 is 64.0 Å². The topological polar surface area (TPSA) is 129 Å². The number of carboxylic acid groups (broad SMARTS) is 1. The third kappa shape index (κ3) is 7.56. The van der Waals surface area contributed by atoms with Crippen molar-refractivity contribution in [1.82, 2.24) is 20.0 Å². The minimum Gasteiger partial charge on any atom is -0.478 e. The Morgan fingerprint density at radius 2 is 1.70 bits per heavy atom. The number of amides is 1. The van der Waals surface area contributed by atoms with Crippen LogP contribution >= 0.6 is 0 Å². The molecule has 2 aliphatic carbocycles. The summed E-state index contributed by atoms with van der Waals surface area (Å²) in [5.74, 6) is -4.91. The van der Waals surface area contributed by atoms with Crippen molar-refractivity contribution in [2.24, 2.45) is 11.8 Å². The molecule has 254 valence electrons. The molecule has 47 heavy (non-hydrogen) atoms. The lowest BCUT2D eigenvalue weighted by Crippen LogP contribution is -2.49. The van der Waals surface area contributed by atoms with Crippen molar-refractivity contribution in [3.8, 4) is 11.6 Å². The molecule has 0 radical (unpaired) electrons. The van der Waals surface area contributed by atoms with Gasteiger partial charge in [0.1, 0.15) is 5.56 Å². The number of carbonyl (C=O) groups is 2. The normalized spacial score (nSPS) is 19.1. The van der Waals surface area contributed by atoms with Crippen molar-refractivity contribution >= 4 is 17.6 Å². The van der Waals surface area contributed by atoms with Crippen LogP contribution in [0.2, 0.25) is 0 Å². The largest absolute Gasteiger partial charge is 0.478 e. The number of ether oxygens (including phenoxy) is 3. The SMILES string of the molecule is COCC(COC)N(c1cc(F)c(Oc2ncc(C3(Cn4nccn4)CC3)cc2C(F)(F)F)cc1C(=O)O)C(=O)[C@H]1CC[C@H](C)CC1. The first-order chi connectivity index (χ1) is 22.4. The van der Waals surface area contributed by atoms with Gasteiger partial charge in [0.2, 0.25) is 11.8 Å². The number of methoxy groups -OCH3 is 2. The number of nitrogens with zero attached hydrogens (tertiary/aromatic N) is 5. The van der Waals surface area contributed by atoms with Gasteiger partial charge in [-0.1, -0.05) is 6.92 Å². The molecule has 11 nitrogen and oxygen atoms in total. The molecular weight excluding hydrogens is 626 g/mol. The Labute approximate surface area is 268 Å². The Morgan fingerprint density at radius 1 is 1.06 bits per heavy atom. The summed E-state index contributed by atoms with van der Waals surface area (Å²) in [7, 11) is 2.80. The van der Waals surface area contributed by atoms with Gasteiger partial charge in [0.25, 0.3) is 0 Å². The molecule has 2 saturated carbocycles. The first-order valence-electron chi connectivity index (χ1n) is 15.3. The summed E-state index contributed by atoms with van der Waals surface area (Å²) >= 11 is 0. The van der Waals surface area contributed by atoms with Gasteiger partial charge in [-0.2, -0.15) is 28.2 Å². The number of aromatic carboxylic acids is 1. The number of hydrogen-bond acceptors (Lipinski definition) is 8. The maximum absolute atomic E-state index is 15.8. The minimum atomic E-state index is -4.93. The highest BCUT2D eigenvalue weighted by Crippen LogP contribution is 2.51. The average Bonchev–Trinajstić information content (AvgIpc) is 3.62. The van der Waals surface area contributed by atoms with E-state index in [2.05, 4.69) is 22.1 Å². The predicted molar refractivity (Wildman–Crippen MR) is 160 cm³/mol. The van der Waals surface area contributed by atoms with Crippen LogP contribution in [0.5, 0.6) is 11.6 Å². The fourth-order valence-corrected chi connectivity index (χ4v) is 6.19. The number of alkyl halides is 3. The summed E-state index contributed by atoms with van der Waals surface area (Å²) in [4.78, 5) is 33.0. The summed E-state index contributed by atoms with van der Waals surface area (Å²) in [6.07, 6.45) is 3.15. The quantitative estimate of drug-likeness (QED) is 0.223. The molecule has 3 aromatic rings. The highest BCUT2D eigenvalue weighted by molar-refractivity contribution is 6.03. The highest BCUT2D eigenvalue weighted by Gasteiger charge is 2.47. The molecule has 1 aromatic carbocycles. The zero-order valence-corrected chi connectivity index (χ0v) is 26.3. The summed E-state index contributed by atoms with van der Waals surface area (Å²) in [5, 5.41) is 18.3. The predicted octanol–water partition coefficient (Wildman–Crippen LogP) is 5.87. The molecule has 2 aromatic heterocycles. The number of carboxylic acids is 1. The second-order valence-electron chi connectivity index (χ2n) is 12.4. The number of anilines is 1. The van der Waals surface area contributed by atoms with Gasteiger partial charge >= 0.3 is 12.1 Å². The lowest BCUT2D eigenvalue weighted by atomic mass is 9.82. The Morgan fingerprint density at radius 3 is 2.26 bits per heavy atom. The summed E-state index contributed by atoms with van der Waals surface area (Å²) in [5.41, 5.74) is -2.44. The fourth-order valence-electron chi connectivity index (χ4n) is 6.19. The number of aromatic nitrogens is 4. The Bertz CT molecular complexity index is 1570. The summed E-state index contributed by atoms with van der Waals surface area (Å²) in [6.45, 7) is 2.23. The van der Waals surface area contributed by atoms with Crippen molar-refractivity contribution < 1.29 is 46.5 Å². The number of pyridine rings is 1. The molecule has 2 aliphatic rings. The van der Waals surface area contributed by atoms with Crippen LogP contribution in [0.3, 0.4) is 0 Å². The van der Waals surface area contributed by atoms with Crippen molar-refractivity contribution in [3.05, 3.63) is 59.3 Å². The molecule has 0 saturated heterocycles. The third-order valence-corrected chi connectivity index (χ3v) is 8.97. The highest BCUT2D eigenvalue weighted by atomic mass is 19.4. The van der Waals surface area contributed by atoms with Crippen LogP contribution in [0.25, 0.3) is 0 Å². The maximum Gasteiger partial charge on any atom is 0.421 e. The van der Waals surface area contributed by atoms with Gasteiger partial charge < -0.3 is 24.2 Å². The molecule has 0 spiro atoms. The molecule has 0 aliphatic heterocycles. The maximum atomic E-state index is 15.8. The first-order valence-corrected chi connectivity index (χ1v) is 15.3. The molecule has 0 atom stereocenters. The monoisotopic (exact) mass is 663 g/mol. The number of carbonyl (C=O) groups excluding carboxylic acids is 1. The smallest absolute Gasteiger partial charge is 0.421 e. The van der Waals surface area contributed by atoms with E-state index in [0.29, 0.717) is 37.2 Å². The van der Waals surface area contributed by atoms with Crippen LogP contribution < -0.4 is 9.64 Å². The first kappa shape index (κ1) is 34.2. The van der Waals surface area contributed by atoms with E-state index in [4.69, 9.17) is 14.2 Å². The third-order valence-electron chi connectivity index (χ3n) is 8.97. The molecule has 2 fully saturated rings. The van der Waals surface area contributed by atoms with Crippen LogP contribution in [-0.4, -0.2) is 70.4 Å². The van der Waals surface area contributed by atoms with Crippen molar-refractivity contribution in [1.29, 1.82) is 0 Å². The fraction of sp³-hybridized carbons (Fsp3) is 0.531. The van der Waals surface area contributed by atoms with Gasteiger partial charge in [-0.25, -0.2) is 14.2 Å². The molecule has 5 rings (SSSR count). The Kier molecular flexibility index (Phi) is 10.2. The molecule has 0 bridgehead atoms. The van der Waals surface area contributed by atoms with E-state index in [9.17, 15) is 27.9 Å². The standard InChI is InChI=1S/C32H37F4N5O6/c1-19-4-6-20(7-5-19)29(42)41(22(16-45-2)17-46-3)26-14-25(33)27(13-23(26)30(43)44)47-28-24(32(34,35)36)12-21(15-37-28)31(8-9-31)18-40-38-10-11-39-40/h10-15,19-20,22H,4-9,16-18H2,1-3H3,(H,43,44)/t19-,20-. The number of rotatable bonds is 13. The molecule has 2 heterocycles. The zero-order chi connectivity index (χ0) is 33.9. The van der Waals surface area contributed by atoms with Crippen LogP contribution in [0.4, 0.5) is 23.2 Å². The van der Waals surface area contributed by atoms with Gasteiger partial charge in [0.15, 0.2) is 11.6 Å². The molecule has 0 unspecified atom stereocenters. The van der Waals surface area contributed by atoms with E-state index in [0.717, 1.165) is 31.0 Å². The molecule has 1 amide bonds. The molecular formula is C32H37F4N5O6. The minimum absolute atomic E-state index is 0.0508. The average molecular weight is 664 g/mol. The van der Waals surface area contributed by atoms with Crippen molar-refractivity contribution in [3.63, 3.8) is 0 Å². The van der Waals surface area contributed by atoms with Crippen LogP contribution in [0.1, 0.15) is 66.9 Å². The molecule has 15 heteroatoms. The van der Waals surface area contributed by atoms with Crippen LogP contribution in [0, 0.1) is 17.7 Å². The molecule has 1 N–H and O–H groups in total. The van der Waals surface area contributed by atoms with E-state index in [1.54, 1.807) is 0 Å². The van der Waals surface area contributed by atoms with Crippen molar-refractivity contribution in [2.75, 3.05) is 32.3 Å². The van der Waals surface area contributed by atoms with Gasteiger partial charge in [-0.05, 0) is 56.1 Å². The van der Waals surface area contributed by atoms with Crippen LogP contribution in [-0.2, 0) is 32.4 Å². The summed E-state index contributed by atoms with van der Waals surface area (Å²) in [6, 6.07) is 1.65. The zero-order valence-electron chi connectivity index (χ0n) is 26.3. The van der Waals surface area contributed by atoms with Gasteiger partial charge in [-0.3, -0.25) is 4.79 Å². The van der Waals surface area contributed by atoms with E-state index in [-0.39, 0.29) is 25.4 Å². The number of hydrogen-bond donors (Lipinski definition) is 1. The Balaban J connectivity index is 1.52. The second kappa shape index (κ2) is 13.9. The van der Waals surface area contributed by atoms with Gasteiger partial charge in [0.05, 0.1) is 49.4 Å². The lowest BCUT2D eigenvalue weighted by molar-refractivity contribution is -0.139. The Hall–Kier alpha value is -4.11.